The molecule has 9 nitrogen and oxygen atoms in total. The summed E-state index contributed by atoms with van der Waals surface area (Å²) in [5.41, 5.74) is 3.76. The van der Waals surface area contributed by atoms with Gasteiger partial charge in [-0.15, -0.1) is 0 Å². The highest BCUT2D eigenvalue weighted by Gasteiger charge is 2.31. The van der Waals surface area contributed by atoms with Crippen molar-refractivity contribution in [1.82, 2.24) is 20.2 Å². The van der Waals surface area contributed by atoms with Gasteiger partial charge in [0.1, 0.15) is 17.8 Å². The number of amides is 1. The summed E-state index contributed by atoms with van der Waals surface area (Å²) in [4.78, 5) is 24.2. The highest BCUT2D eigenvalue weighted by molar-refractivity contribution is 5.94. The van der Waals surface area contributed by atoms with Gasteiger partial charge < -0.3 is 29.7 Å². The number of nitrogens with one attached hydrogen (secondary N) is 2. The quantitative estimate of drug-likeness (QED) is 0.525. The minimum Gasteiger partial charge on any atom is -0.379 e. The van der Waals surface area contributed by atoms with E-state index in [2.05, 4.69) is 51.8 Å². The Bertz CT molecular complexity index is 1090. The van der Waals surface area contributed by atoms with Gasteiger partial charge in [0, 0.05) is 51.0 Å². The zero-order valence-corrected chi connectivity index (χ0v) is 23.5. The Morgan fingerprint density at radius 3 is 2.64 bits per heavy atom. The minimum atomic E-state index is -0.0226. The highest BCUT2D eigenvalue weighted by Crippen LogP contribution is 2.31. The molecule has 39 heavy (non-hydrogen) atoms. The molecule has 0 spiro atoms. The van der Waals surface area contributed by atoms with Crippen LogP contribution in [0, 0.1) is 13.8 Å². The Labute approximate surface area is 232 Å². The first kappa shape index (κ1) is 28.0. The van der Waals surface area contributed by atoms with Crippen molar-refractivity contribution in [3.63, 3.8) is 0 Å². The molecule has 1 amide bonds. The van der Waals surface area contributed by atoms with Crippen LogP contribution < -0.4 is 10.6 Å². The number of aromatic nitrogens is 2. The van der Waals surface area contributed by atoms with Gasteiger partial charge in [-0.1, -0.05) is 29.8 Å². The molecule has 0 radical (unpaired) electrons. The molecule has 3 fully saturated rings. The number of nitrogens with zero attached hydrogens (tertiary/aromatic N) is 3. The van der Waals surface area contributed by atoms with E-state index in [9.17, 15) is 4.79 Å². The van der Waals surface area contributed by atoms with Crippen LogP contribution in [0.25, 0.3) is 0 Å². The van der Waals surface area contributed by atoms with Crippen LogP contribution in [-0.2, 0) is 14.2 Å². The number of methoxy groups -OCH3 is 1. The lowest BCUT2D eigenvalue weighted by Crippen LogP contribution is -2.54. The number of likely N-dealkylation sites (tertiary alicyclic amines) is 1. The SMILES string of the molecule is CO[C@H]1COCC[C@H]1NC1CCN(C(=O)c2ncnc(NC[C@H]3CCC[C@H](c4ccc(C)cc4)O3)c2C)CC1. The van der Waals surface area contributed by atoms with Crippen LogP contribution in [0.1, 0.15) is 71.8 Å². The van der Waals surface area contributed by atoms with Crippen LogP contribution in [0.4, 0.5) is 5.82 Å². The summed E-state index contributed by atoms with van der Waals surface area (Å²) in [5, 5.41) is 7.20. The minimum absolute atomic E-state index is 0.0226. The van der Waals surface area contributed by atoms with Crippen molar-refractivity contribution in [3.8, 4) is 0 Å². The molecular formula is C30H43N5O4. The van der Waals surface area contributed by atoms with Gasteiger partial charge in [-0.3, -0.25) is 4.79 Å². The summed E-state index contributed by atoms with van der Waals surface area (Å²) in [6.45, 7) is 7.50. The summed E-state index contributed by atoms with van der Waals surface area (Å²) in [6.07, 6.45) is 7.75. The Kier molecular flexibility index (Phi) is 9.45. The lowest BCUT2D eigenvalue weighted by Gasteiger charge is -2.38. The fourth-order valence-electron chi connectivity index (χ4n) is 5.97. The van der Waals surface area contributed by atoms with Crippen LogP contribution in [0.5, 0.6) is 0 Å². The molecule has 3 saturated heterocycles. The van der Waals surface area contributed by atoms with Crippen molar-refractivity contribution in [2.75, 3.05) is 45.3 Å². The van der Waals surface area contributed by atoms with Crippen molar-refractivity contribution in [3.05, 3.63) is 53.0 Å². The summed E-state index contributed by atoms with van der Waals surface area (Å²) < 4.78 is 17.6. The topological polar surface area (TPSA) is 97.8 Å². The second-order valence-corrected chi connectivity index (χ2v) is 11.1. The summed E-state index contributed by atoms with van der Waals surface area (Å²) in [5.74, 6) is 0.682. The van der Waals surface area contributed by atoms with E-state index in [1.807, 2.05) is 11.8 Å². The molecule has 0 unspecified atom stereocenters. The van der Waals surface area contributed by atoms with E-state index < -0.39 is 0 Å². The molecule has 1 aromatic carbocycles. The Morgan fingerprint density at radius 2 is 1.87 bits per heavy atom. The molecule has 0 bridgehead atoms. The van der Waals surface area contributed by atoms with E-state index in [0.29, 0.717) is 49.8 Å². The molecule has 4 atom stereocenters. The second kappa shape index (κ2) is 13.2. The lowest BCUT2D eigenvalue weighted by atomic mass is 9.97. The normalized spacial score (nSPS) is 26.4. The first-order valence-corrected chi connectivity index (χ1v) is 14.4. The van der Waals surface area contributed by atoms with Gasteiger partial charge in [0.25, 0.3) is 5.91 Å². The maximum atomic E-state index is 13.4. The summed E-state index contributed by atoms with van der Waals surface area (Å²) in [6, 6.07) is 9.30. The van der Waals surface area contributed by atoms with Crippen LogP contribution in [0.15, 0.2) is 30.6 Å². The Hall–Kier alpha value is -2.59. The predicted molar refractivity (Wildman–Crippen MR) is 150 cm³/mol. The monoisotopic (exact) mass is 537 g/mol. The molecule has 5 rings (SSSR count). The smallest absolute Gasteiger partial charge is 0.272 e. The van der Waals surface area contributed by atoms with E-state index >= 15 is 0 Å². The maximum absolute atomic E-state index is 13.4. The number of rotatable bonds is 8. The number of hydrogen-bond acceptors (Lipinski definition) is 8. The third kappa shape index (κ3) is 6.95. The van der Waals surface area contributed by atoms with E-state index in [1.165, 1.54) is 17.5 Å². The molecule has 2 aromatic rings. The van der Waals surface area contributed by atoms with Crippen molar-refractivity contribution in [1.29, 1.82) is 0 Å². The van der Waals surface area contributed by atoms with Gasteiger partial charge in [0.15, 0.2) is 0 Å². The third-order valence-corrected chi connectivity index (χ3v) is 8.42. The number of hydrogen-bond donors (Lipinski definition) is 2. The Balaban J connectivity index is 1.13. The molecule has 2 N–H and O–H groups in total. The highest BCUT2D eigenvalue weighted by atomic mass is 16.5. The predicted octanol–water partition coefficient (Wildman–Crippen LogP) is 3.81. The first-order chi connectivity index (χ1) is 19.0. The number of carbonyl (C=O) groups is 1. The number of aryl methyl sites for hydroxylation is 1. The number of carbonyl (C=O) groups excluding carboxylic acids is 1. The molecule has 9 heteroatoms. The molecule has 4 heterocycles. The molecule has 1 aromatic heterocycles. The molecule has 0 saturated carbocycles. The molecule has 0 aliphatic carbocycles. The lowest BCUT2D eigenvalue weighted by molar-refractivity contribution is -0.0533. The molecule has 3 aliphatic heterocycles. The average Bonchev–Trinajstić information content (AvgIpc) is 2.97. The van der Waals surface area contributed by atoms with Crippen molar-refractivity contribution < 1.29 is 19.0 Å². The fourth-order valence-corrected chi connectivity index (χ4v) is 5.97. The second-order valence-electron chi connectivity index (χ2n) is 11.1. The van der Waals surface area contributed by atoms with Crippen LogP contribution in [-0.4, -0.2) is 85.0 Å². The zero-order valence-electron chi connectivity index (χ0n) is 23.5. The van der Waals surface area contributed by atoms with Crippen molar-refractivity contribution >= 4 is 11.7 Å². The largest absolute Gasteiger partial charge is 0.379 e. The van der Waals surface area contributed by atoms with Gasteiger partial charge >= 0.3 is 0 Å². The number of piperidine rings is 1. The fraction of sp³-hybridized carbons (Fsp3) is 0.633. The van der Waals surface area contributed by atoms with Crippen LogP contribution >= 0.6 is 0 Å². The summed E-state index contributed by atoms with van der Waals surface area (Å²) in [7, 11) is 1.74. The first-order valence-electron chi connectivity index (χ1n) is 14.4. The van der Waals surface area contributed by atoms with Gasteiger partial charge in [0.2, 0.25) is 0 Å². The number of anilines is 1. The van der Waals surface area contributed by atoms with Crippen molar-refractivity contribution in [2.45, 2.75) is 82.8 Å². The van der Waals surface area contributed by atoms with E-state index in [0.717, 1.165) is 50.7 Å². The summed E-state index contributed by atoms with van der Waals surface area (Å²) >= 11 is 0. The number of benzene rings is 1. The maximum Gasteiger partial charge on any atom is 0.272 e. The molecular weight excluding hydrogens is 494 g/mol. The zero-order chi connectivity index (χ0) is 27.2. The van der Waals surface area contributed by atoms with Crippen LogP contribution in [0.2, 0.25) is 0 Å². The average molecular weight is 538 g/mol. The van der Waals surface area contributed by atoms with Gasteiger partial charge in [-0.05, 0) is 57.9 Å². The van der Waals surface area contributed by atoms with E-state index in [1.54, 1.807) is 7.11 Å². The van der Waals surface area contributed by atoms with Gasteiger partial charge in [-0.25, -0.2) is 9.97 Å². The molecule has 212 valence electrons. The van der Waals surface area contributed by atoms with Gasteiger partial charge in [0.05, 0.1) is 24.9 Å². The standard InChI is InChI=1S/C30H43N5O4/c1-20-7-9-22(10-8-20)26-6-4-5-24(39-26)17-31-29-21(2)28(32-19-33-29)30(36)35-14-11-23(12-15-35)34-25-13-16-38-18-27(25)37-3/h7-10,19,23-27,34H,4-6,11-18H2,1-3H3,(H,31,32,33)/t24-,25-,26-,27+/m1/s1. The van der Waals surface area contributed by atoms with E-state index in [4.69, 9.17) is 14.2 Å². The van der Waals surface area contributed by atoms with Crippen LogP contribution in [0.3, 0.4) is 0 Å². The van der Waals surface area contributed by atoms with E-state index in [-0.39, 0.29) is 24.2 Å². The molecule has 3 aliphatic rings. The number of ether oxygens (including phenoxy) is 3. The Morgan fingerprint density at radius 1 is 1.08 bits per heavy atom. The van der Waals surface area contributed by atoms with Gasteiger partial charge in [-0.2, -0.15) is 0 Å². The van der Waals surface area contributed by atoms with Crippen molar-refractivity contribution in [2.24, 2.45) is 0 Å². The third-order valence-electron chi connectivity index (χ3n) is 8.42.